The number of hydrogen-bond acceptors (Lipinski definition) is 4. The van der Waals surface area contributed by atoms with Crippen LogP contribution in [0.5, 0.6) is 5.75 Å². The Morgan fingerprint density at radius 2 is 2.12 bits per heavy atom. The summed E-state index contributed by atoms with van der Waals surface area (Å²) in [5.74, 6) is 0.740. The first kappa shape index (κ1) is 11.5. The molecule has 0 radical (unpaired) electrons. The van der Waals surface area contributed by atoms with E-state index in [1.165, 1.54) is 0 Å². The van der Waals surface area contributed by atoms with Gasteiger partial charge in [-0.1, -0.05) is 18.2 Å². The molecule has 0 aliphatic rings. The SMILES string of the molecule is COc1ccccc1N[C@H](C#N)c1cccs1. The van der Waals surface area contributed by atoms with Crippen LogP contribution in [0.2, 0.25) is 0 Å². The van der Waals surface area contributed by atoms with Crippen LogP contribution in [0.25, 0.3) is 0 Å². The van der Waals surface area contributed by atoms with Crippen molar-refractivity contribution >= 4 is 17.0 Å². The molecule has 4 heteroatoms. The number of rotatable bonds is 4. The molecule has 0 fully saturated rings. The smallest absolute Gasteiger partial charge is 0.149 e. The number of nitrogens with zero attached hydrogens (tertiary/aromatic N) is 1. The lowest BCUT2D eigenvalue weighted by Crippen LogP contribution is -2.07. The van der Waals surface area contributed by atoms with Crippen LogP contribution in [0.3, 0.4) is 0 Å². The van der Waals surface area contributed by atoms with Crippen molar-refractivity contribution in [1.29, 1.82) is 5.26 Å². The van der Waals surface area contributed by atoms with E-state index >= 15 is 0 Å². The number of nitriles is 1. The number of hydrogen-bond donors (Lipinski definition) is 1. The van der Waals surface area contributed by atoms with Gasteiger partial charge in [0.15, 0.2) is 0 Å². The first-order valence-corrected chi connectivity index (χ1v) is 6.05. The maximum absolute atomic E-state index is 9.18. The van der Waals surface area contributed by atoms with Gasteiger partial charge in [-0.05, 0) is 23.6 Å². The quantitative estimate of drug-likeness (QED) is 0.896. The van der Waals surface area contributed by atoms with Crippen molar-refractivity contribution in [2.24, 2.45) is 0 Å². The Morgan fingerprint density at radius 1 is 1.29 bits per heavy atom. The molecule has 0 amide bonds. The van der Waals surface area contributed by atoms with Gasteiger partial charge < -0.3 is 10.1 Å². The molecule has 2 aromatic rings. The van der Waals surface area contributed by atoms with Crippen LogP contribution < -0.4 is 10.1 Å². The van der Waals surface area contributed by atoms with Crippen LogP contribution in [0, 0.1) is 11.3 Å². The Labute approximate surface area is 104 Å². The molecule has 0 unspecified atom stereocenters. The van der Waals surface area contributed by atoms with Crippen LogP contribution in [-0.4, -0.2) is 7.11 Å². The van der Waals surface area contributed by atoms with Gasteiger partial charge in [-0.25, -0.2) is 0 Å². The van der Waals surface area contributed by atoms with Gasteiger partial charge in [-0.2, -0.15) is 5.26 Å². The Kier molecular flexibility index (Phi) is 3.63. The summed E-state index contributed by atoms with van der Waals surface area (Å²) in [7, 11) is 1.62. The predicted molar refractivity (Wildman–Crippen MR) is 69.3 cm³/mol. The Morgan fingerprint density at radius 3 is 2.76 bits per heavy atom. The van der Waals surface area contributed by atoms with Gasteiger partial charge in [0.25, 0.3) is 0 Å². The summed E-state index contributed by atoms with van der Waals surface area (Å²) in [4.78, 5) is 0.999. The van der Waals surface area contributed by atoms with Gasteiger partial charge in [-0.3, -0.25) is 0 Å². The summed E-state index contributed by atoms with van der Waals surface area (Å²) in [5.41, 5.74) is 0.829. The van der Waals surface area contributed by atoms with Crippen molar-refractivity contribution in [3.05, 3.63) is 46.7 Å². The number of ether oxygens (including phenoxy) is 1. The van der Waals surface area contributed by atoms with Crippen molar-refractivity contribution in [2.75, 3.05) is 12.4 Å². The lowest BCUT2D eigenvalue weighted by atomic mass is 10.2. The third-order valence-electron chi connectivity index (χ3n) is 2.36. The number of methoxy groups -OCH3 is 1. The molecule has 2 rings (SSSR count). The van der Waals surface area contributed by atoms with Gasteiger partial charge >= 0.3 is 0 Å². The predicted octanol–water partition coefficient (Wildman–Crippen LogP) is 3.43. The van der Waals surface area contributed by atoms with Crippen LogP contribution >= 0.6 is 11.3 Å². The minimum absolute atomic E-state index is 0.341. The van der Waals surface area contributed by atoms with E-state index in [0.717, 1.165) is 16.3 Å². The maximum Gasteiger partial charge on any atom is 0.149 e. The molecular weight excluding hydrogens is 232 g/mol. The number of thiophene rings is 1. The minimum Gasteiger partial charge on any atom is -0.495 e. The standard InChI is InChI=1S/C13H12N2OS/c1-16-12-6-3-2-5-10(12)15-11(9-14)13-7-4-8-17-13/h2-8,11,15H,1H3/t11-/m1/s1. The monoisotopic (exact) mass is 244 g/mol. The van der Waals surface area contributed by atoms with Crippen molar-refractivity contribution in [3.8, 4) is 11.8 Å². The van der Waals surface area contributed by atoms with Crippen molar-refractivity contribution in [2.45, 2.75) is 6.04 Å². The second kappa shape index (κ2) is 5.37. The van der Waals surface area contributed by atoms with Crippen LogP contribution in [-0.2, 0) is 0 Å². The van der Waals surface area contributed by atoms with Gasteiger partial charge in [0, 0.05) is 4.88 Å². The van der Waals surface area contributed by atoms with E-state index in [1.807, 2.05) is 41.8 Å². The zero-order valence-electron chi connectivity index (χ0n) is 9.38. The van der Waals surface area contributed by atoms with E-state index < -0.39 is 0 Å². The second-order valence-corrected chi connectivity index (χ2v) is 4.40. The highest BCUT2D eigenvalue weighted by Gasteiger charge is 2.13. The normalized spacial score (nSPS) is 11.5. The fourth-order valence-corrected chi connectivity index (χ4v) is 2.26. The Balaban J connectivity index is 2.22. The van der Waals surface area contributed by atoms with E-state index in [4.69, 9.17) is 4.74 Å². The van der Waals surface area contributed by atoms with Crippen LogP contribution in [0.15, 0.2) is 41.8 Å². The first-order valence-electron chi connectivity index (χ1n) is 5.17. The average Bonchev–Trinajstić information content (AvgIpc) is 2.90. The van der Waals surface area contributed by atoms with Crippen LogP contribution in [0.4, 0.5) is 5.69 Å². The maximum atomic E-state index is 9.18. The summed E-state index contributed by atoms with van der Waals surface area (Å²) in [6, 6.07) is 13.4. The Hall–Kier alpha value is -1.99. The molecule has 0 saturated carbocycles. The molecule has 0 aliphatic heterocycles. The van der Waals surface area contributed by atoms with Gasteiger partial charge in [-0.15, -0.1) is 11.3 Å². The van der Waals surface area contributed by atoms with Gasteiger partial charge in [0.2, 0.25) is 0 Å². The molecule has 86 valence electrons. The number of nitrogens with one attached hydrogen (secondary N) is 1. The zero-order valence-corrected chi connectivity index (χ0v) is 10.2. The number of benzene rings is 1. The molecular formula is C13H12N2OS. The summed E-state index contributed by atoms with van der Waals surface area (Å²) in [5, 5.41) is 14.3. The lowest BCUT2D eigenvalue weighted by Gasteiger charge is -2.14. The van der Waals surface area contributed by atoms with E-state index in [2.05, 4.69) is 11.4 Å². The molecule has 17 heavy (non-hydrogen) atoms. The molecule has 0 aliphatic carbocycles. The van der Waals surface area contributed by atoms with Crippen molar-refractivity contribution < 1.29 is 4.74 Å². The molecule has 0 spiro atoms. The largest absolute Gasteiger partial charge is 0.495 e. The molecule has 1 aromatic carbocycles. The van der Waals surface area contributed by atoms with Crippen molar-refractivity contribution in [1.82, 2.24) is 0 Å². The third-order valence-corrected chi connectivity index (χ3v) is 3.30. The van der Waals surface area contributed by atoms with Crippen LogP contribution in [0.1, 0.15) is 10.9 Å². The first-order chi connectivity index (χ1) is 8.35. The second-order valence-electron chi connectivity index (χ2n) is 3.42. The van der Waals surface area contributed by atoms with E-state index in [-0.39, 0.29) is 6.04 Å². The molecule has 0 saturated heterocycles. The summed E-state index contributed by atoms with van der Waals surface area (Å²) < 4.78 is 5.24. The summed E-state index contributed by atoms with van der Waals surface area (Å²) >= 11 is 1.56. The van der Waals surface area contributed by atoms with E-state index in [0.29, 0.717) is 0 Å². The highest BCUT2D eigenvalue weighted by Crippen LogP contribution is 2.29. The van der Waals surface area contributed by atoms with Gasteiger partial charge in [0.1, 0.15) is 11.8 Å². The van der Waals surface area contributed by atoms with E-state index in [1.54, 1.807) is 18.4 Å². The molecule has 0 bridgehead atoms. The summed E-state index contributed by atoms with van der Waals surface area (Å²) in [6.45, 7) is 0. The summed E-state index contributed by atoms with van der Waals surface area (Å²) in [6.07, 6.45) is 0. The Bertz CT molecular complexity index is 516. The minimum atomic E-state index is -0.341. The molecule has 1 N–H and O–H groups in total. The topological polar surface area (TPSA) is 45.0 Å². The van der Waals surface area contributed by atoms with E-state index in [9.17, 15) is 5.26 Å². The highest BCUT2D eigenvalue weighted by atomic mass is 32.1. The number of anilines is 1. The molecule has 1 aromatic heterocycles. The number of para-hydroxylation sites is 2. The molecule has 1 atom stereocenters. The fourth-order valence-electron chi connectivity index (χ4n) is 1.54. The molecule has 1 heterocycles. The average molecular weight is 244 g/mol. The third kappa shape index (κ3) is 2.58. The zero-order chi connectivity index (χ0) is 12.1. The fraction of sp³-hybridized carbons (Fsp3) is 0.154. The lowest BCUT2D eigenvalue weighted by molar-refractivity contribution is 0.416. The van der Waals surface area contributed by atoms with Crippen molar-refractivity contribution in [3.63, 3.8) is 0 Å². The molecule has 3 nitrogen and oxygen atoms in total. The van der Waals surface area contributed by atoms with Gasteiger partial charge in [0.05, 0.1) is 18.9 Å². The highest BCUT2D eigenvalue weighted by molar-refractivity contribution is 7.10.